The third-order valence-corrected chi connectivity index (χ3v) is 7.96. The molecule has 1 saturated heterocycles. The van der Waals surface area contributed by atoms with Crippen molar-refractivity contribution in [1.29, 1.82) is 0 Å². The molecular formula is C24H30BFN2O4S. The summed E-state index contributed by atoms with van der Waals surface area (Å²) in [6.07, 6.45) is 2.64. The molecule has 1 aromatic heterocycles. The number of fused-ring (bicyclic) bond motifs is 1. The fraction of sp³-hybridized carbons (Fsp3) is 0.500. The summed E-state index contributed by atoms with van der Waals surface area (Å²) in [5.74, 6) is -0.607. The molecule has 1 aromatic carbocycles. The summed E-state index contributed by atoms with van der Waals surface area (Å²) in [4.78, 5) is 28.3. The second-order valence-corrected chi connectivity index (χ2v) is 11.0. The number of rotatable bonds is 3. The third kappa shape index (κ3) is 4.11. The fourth-order valence-corrected chi connectivity index (χ4v) is 5.27. The van der Waals surface area contributed by atoms with Gasteiger partial charge in [-0.1, -0.05) is 12.1 Å². The molecule has 2 amide bonds. The van der Waals surface area contributed by atoms with Gasteiger partial charge in [0, 0.05) is 39.7 Å². The van der Waals surface area contributed by atoms with Crippen molar-refractivity contribution in [2.24, 2.45) is 0 Å². The third-order valence-electron chi connectivity index (χ3n) is 6.85. The SMILES string of the molecule is CC(=O)N1CCC=C(c2cc(B3OC(C)(C)C(C)(C)O3)c3cc(C(=O)N(C)C)sc3c2F)C1. The predicted octanol–water partition coefficient (Wildman–Crippen LogP) is 3.68. The molecule has 3 heterocycles. The highest BCUT2D eigenvalue weighted by molar-refractivity contribution is 7.21. The van der Waals surface area contributed by atoms with E-state index in [2.05, 4.69) is 0 Å². The van der Waals surface area contributed by atoms with Crippen molar-refractivity contribution in [1.82, 2.24) is 9.80 Å². The molecule has 4 rings (SSSR count). The van der Waals surface area contributed by atoms with E-state index in [4.69, 9.17) is 9.31 Å². The van der Waals surface area contributed by atoms with E-state index in [1.807, 2.05) is 33.8 Å². The van der Waals surface area contributed by atoms with E-state index >= 15 is 4.39 Å². The predicted molar refractivity (Wildman–Crippen MR) is 130 cm³/mol. The molecule has 176 valence electrons. The Balaban J connectivity index is 1.90. The summed E-state index contributed by atoms with van der Waals surface area (Å²) in [7, 11) is 2.64. The lowest BCUT2D eigenvalue weighted by Crippen LogP contribution is -2.41. The van der Waals surface area contributed by atoms with Gasteiger partial charge in [0.15, 0.2) is 0 Å². The van der Waals surface area contributed by atoms with Crippen molar-refractivity contribution in [2.75, 3.05) is 27.2 Å². The second-order valence-electron chi connectivity index (χ2n) is 9.93. The Morgan fingerprint density at radius 2 is 1.79 bits per heavy atom. The Morgan fingerprint density at radius 3 is 2.36 bits per heavy atom. The topological polar surface area (TPSA) is 59.1 Å². The number of carbonyl (C=O) groups is 2. The van der Waals surface area contributed by atoms with Crippen LogP contribution in [0.15, 0.2) is 18.2 Å². The molecule has 0 N–H and O–H groups in total. The van der Waals surface area contributed by atoms with E-state index in [0.717, 1.165) is 16.9 Å². The molecule has 0 bridgehead atoms. The minimum Gasteiger partial charge on any atom is -0.399 e. The quantitative estimate of drug-likeness (QED) is 0.640. The maximum atomic E-state index is 15.9. The summed E-state index contributed by atoms with van der Waals surface area (Å²) in [5.41, 5.74) is 0.736. The Bertz CT molecular complexity index is 1150. The number of nitrogens with zero attached hydrogens (tertiary/aromatic N) is 2. The van der Waals surface area contributed by atoms with E-state index < -0.39 is 18.3 Å². The van der Waals surface area contributed by atoms with E-state index in [0.29, 0.717) is 45.5 Å². The van der Waals surface area contributed by atoms with Gasteiger partial charge >= 0.3 is 7.12 Å². The van der Waals surface area contributed by atoms with Gasteiger partial charge in [0.25, 0.3) is 5.91 Å². The van der Waals surface area contributed by atoms with Gasteiger partial charge in [-0.05, 0) is 56.6 Å². The molecular weight excluding hydrogens is 442 g/mol. The van der Waals surface area contributed by atoms with E-state index in [-0.39, 0.29) is 17.6 Å². The Labute approximate surface area is 198 Å². The lowest BCUT2D eigenvalue weighted by atomic mass is 9.75. The normalized spacial score (nSPS) is 19.7. The smallest absolute Gasteiger partial charge is 0.399 e. The first-order chi connectivity index (χ1) is 15.3. The fourth-order valence-electron chi connectivity index (χ4n) is 4.12. The zero-order chi connectivity index (χ0) is 24.3. The summed E-state index contributed by atoms with van der Waals surface area (Å²) in [6.45, 7) is 10.4. The van der Waals surface area contributed by atoms with Crippen LogP contribution < -0.4 is 5.46 Å². The van der Waals surface area contributed by atoms with Crippen LogP contribution in [0.2, 0.25) is 0 Å². The number of halogens is 1. The molecule has 0 atom stereocenters. The van der Waals surface area contributed by atoms with E-state index in [9.17, 15) is 9.59 Å². The number of hydrogen-bond donors (Lipinski definition) is 0. The monoisotopic (exact) mass is 472 g/mol. The molecule has 0 saturated carbocycles. The van der Waals surface area contributed by atoms with Gasteiger partial charge in [0.2, 0.25) is 5.91 Å². The molecule has 2 aromatic rings. The standard InChI is InChI=1S/C24H30BFN2O4S/c1-14(29)28-10-8-9-15(13-28)16-11-18(25-31-23(2,3)24(4,5)32-25)17-12-19(22(30)27(6)7)33-21(17)20(16)26/h9,11-12H,8,10,13H2,1-7H3. The summed E-state index contributed by atoms with van der Waals surface area (Å²) in [5, 5.41) is 0.616. The van der Waals surface area contributed by atoms with Crippen LogP contribution in [0.3, 0.4) is 0 Å². The molecule has 2 aliphatic heterocycles. The van der Waals surface area contributed by atoms with Gasteiger partial charge in [0.05, 0.1) is 20.8 Å². The maximum absolute atomic E-state index is 15.9. The van der Waals surface area contributed by atoms with Crippen LogP contribution in [0.1, 0.15) is 56.3 Å². The van der Waals surface area contributed by atoms with Crippen LogP contribution in [0, 0.1) is 5.82 Å². The number of carbonyl (C=O) groups excluding carboxylic acids is 2. The highest BCUT2D eigenvalue weighted by Crippen LogP contribution is 2.39. The van der Waals surface area contributed by atoms with Crippen LogP contribution in [0.5, 0.6) is 0 Å². The highest BCUT2D eigenvalue weighted by Gasteiger charge is 2.52. The highest BCUT2D eigenvalue weighted by atomic mass is 32.1. The molecule has 0 spiro atoms. The largest absolute Gasteiger partial charge is 0.495 e. The van der Waals surface area contributed by atoms with Crippen LogP contribution in [-0.4, -0.2) is 67.1 Å². The van der Waals surface area contributed by atoms with Crippen molar-refractivity contribution in [2.45, 2.75) is 52.2 Å². The van der Waals surface area contributed by atoms with Crippen molar-refractivity contribution in [3.8, 4) is 0 Å². The molecule has 0 radical (unpaired) electrons. The van der Waals surface area contributed by atoms with Gasteiger partial charge in [-0.3, -0.25) is 9.59 Å². The number of benzene rings is 1. The Morgan fingerprint density at radius 1 is 1.15 bits per heavy atom. The molecule has 2 aliphatic rings. The van der Waals surface area contributed by atoms with Crippen LogP contribution in [-0.2, 0) is 14.1 Å². The average molecular weight is 472 g/mol. The number of thiophene rings is 1. The van der Waals surface area contributed by atoms with E-state index in [1.165, 1.54) is 11.8 Å². The second kappa shape index (κ2) is 8.22. The number of hydrogen-bond acceptors (Lipinski definition) is 5. The van der Waals surface area contributed by atoms with Gasteiger partial charge in [-0.2, -0.15) is 0 Å². The van der Waals surface area contributed by atoms with Gasteiger partial charge < -0.3 is 19.1 Å². The first kappa shape index (κ1) is 23.9. The summed E-state index contributed by atoms with van der Waals surface area (Å²) in [6, 6.07) is 3.50. The van der Waals surface area contributed by atoms with Crippen molar-refractivity contribution < 1.29 is 23.3 Å². The molecule has 0 unspecified atom stereocenters. The first-order valence-corrected chi connectivity index (χ1v) is 11.9. The van der Waals surface area contributed by atoms with Gasteiger partial charge in [-0.25, -0.2) is 4.39 Å². The van der Waals surface area contributed by atoms with Crippen LogP contribution in [0.25, 0.3) is 15.7 Å². The molecule has 6 nitrogen and oxygen atoms in total. The molecule has 1 fully saturated rings. The van der Waals surface area contributed by atoms with E-state index in [1.54, 1.807) is 31.1 Å². The zero-order valence-electron chi connectivity index (χ0n) is 20.2. The molecule has 33 heavy (non-hydrogen) atoms. The number of amides is 2. The lowest BCUT2D eigenvalue weighted by molar-refractivity contribution is -0.128. The molecule has 0 aliphatic carbocycles. The van der Waals surface area contributed by atoms with Crippen molar-refractivity contribution in [3.63, 3.8) is 0 Å². The van der Waals surface area contributed by atoms with Crippen LogP contribution >= 0.6 is 11.3 Å². The minimum absolute atomic E-state index is 0.0387. The molecule has 9 heteroatoms. The minimum atomic E-state index is -0.707. The first-order valence-electron chi connectivity index (χ1n) is 11.1. The maximum Gasteiger partial charge on any atom is 0.495 e. The zero-order valence-corrected chi connectivity index (χ0v) is 21.1. The Kier molecular flexibility index (Phi) is 5.96. The lowest BCUT2D eigenvalue weighted by Gasteiger charge is -2.32. The van der Waals surface area contributed by atoms with Crippen molar-refractivity contribution >= 4 is 51.4 Å². The van der Waals surface area contributed by atoms with Gasteiger partial charge in [0.1, 0.15) is 5.82 Å². The average Bonchev–Trinajstić information content (AvgIpc) is 3.26. The summed E-state index contributed by atoms with van der Waals surface area (Å²) < 4.78 is 28.9. The van der Waals surface area contributed by atoms with Gasteiger partial charge in [-0.15, -0.1) is 11.3 Å². The Hall–Kier alpha value is -2.23. The van der Waals surface area contributed by atoms with Crippen LogP contribution in [0.4, 0.5) is 4.39 Å². The van der Waals surface area contributed by atoms with Crippen molar-refractivity contribution in [3.05, 3.63) is 34.5 Å². The summed E-state index contributed by atoms with van der Waals surface area (Å²) >= 11 is 1.13.